The molecule has 0 aliphatic carbocycles. The molecule has 0 amide bonds. The van der Waals surface area contributed by atoms with Gasteiger partial charge < -0.3 is 0 Å². The molecule has 27 heavy (non-hydrogen) atoms. The molecule has 0 radical (unpaired) electrons. The molecule has 0 heterocycles. The van der Waals surface area contributed by atoms with Gasteiger partial charge in [-0.2, -0.15) is 0 Å². The predicted octanol–water partition coefficient (Wildman–Crippen LogP) is 6.85. The molecule has 1 atom stereocenters. The number of alkyl halides is 2. The van der Waals surface area contributed by atoms with Crippen LogP contribution in [0.2, 0.25) is 0 Å². The van der Waals surface area contributed by atoms with Gasteiger partial charge in [0.15, 0.2) is 0 Å². The second-order valence-corrected chi connectivity index (χ2v) is 6.98. The summed E-state index contributed by atoms with van der Waals surface area (Å²) < 4.78 is 27.9. The first-order valence-electron chi connectivity index (χ1n) is 9.19. The average Bonchev–Trinajstić information content (AvgIpc) is 2.65. The third-order valence-corrected chi connectivity index (χ3v) is 4.69. The van der Waals surface area contributed by atoms with E-state index in [0.717, 1.165) is 30.2 Å². The SMILES string of the molecule is C=CC=N/C(=C\CC)C(C)(Cc1ccccc1)c1cccc(C(C)(F)F)c1. The second kappa shape index (κ2) is 8.90. The third kappa shape index (κ3) is 5.22. The zero-order valence-electron chi connectivity index (χ0n) is 16.3. The highest BCUT2D eigenvalue weighted by molar-refractivity contribution is 5.71. The van der Waals surface area contributed by atoms with Gasteiger partial charge in [0.1, 0.15) is 0 Å². The quantitative estimate of drug-likeness (QED) is 0.452. The van der Waals surface area contributed by atoms with Crippen LogP contribution in [0.3, 0.4) is 0 Å². The van der Waals surface area contributed by atoms with E-state index in [1.165, 1.54) is 6.07 Å². The molecule has 0 bridgehead atoms. The standard InChI is InChI=1S/C24H27F2N/c1-5-11-22(27-16-6-2)23(3,18-19-12-8-7-9-13-19)20-14-10-15-21(17-20)24(4,25)26/h6-17H,2,5,18H2,1,3-4H3/b22-11-,27-16?. The molecule has 0 saturated carbocycles. The van der Waals surface area contributed by atoms with Crippen LogP contribution in [0.1, 0.15) is 43.9 Å². The number of halogens is 2. The Hall–Kier alpha value is -2.55. The number of hydrogen-bond donors (Lipinski definition) is 0. The van der Waals surface area contributed by atoms with Gasteiger partial charge in [0, 0.05) is 29.8 Å². The van der Waals surface area contributed by atoms with Gasteiger partial charge in [-0.3, -0.25) is 4.99 Å². The predicted molar refractivity (Wildman–Crippen MR) is 111 cm³/mol. The summed E-state index contributed by atoms with van der Waals surface area (Å²) in [6, 6.07) is 16.7. The summed E-state index contributed by atoms with van der Waals surface area (Å²) in [6.07, 6.45) is 6.80. The summed E-state index contributed by atoms with van der Waals surface area (Å²) in [6.45, 7) is 8.74. The smallest absolute Gasteiger partial charge is 0.261 e. The van der Waals surface area contributed by atoms with E-state index in [-0.39, 0.29) is 5.56 Å². The number of benzene rings is 2. The van der Waals surface area contributed by atoms with Crippen LogP contribution in [0.25, 0.3) is 0 Å². The van der Waals surface area contributed by atoms with Crippen molar-refractivity contribution in [2.24, 2.45) is 4.99 Å². The average molecular weight is 367 g/mol. The van der Waals surface area contributed by atoms with E-state index in [2.05, 4.69) is 36.7 Å². The molecule has 0 aromatic heterocycles. The van der Waals surface area contributed by atoms with E-state index < -0.39 is 11.3 Å². The van der Waals surface area contributed by atoms with Crippen molar-refractivity contribution < 1.29 is 8.78 Å². The number of aliphatic imine (C=N–C) groups is 1. The molecule has 1 nitrogen and oxygen atoms in total. The summed E-state index contributed by atoms with van der Waals surface area (Å²) in [5.74, 6) is -2.89. The zero-order valence-corrected chi connectivity index (χ0v) is 16.3. The van der Waals surface area contributed by atoms with E-state index in [4.69, 9.17) is 0 Å². The largest absolute Gasteiger partial charge is 0.270 e. The van der Waals surface area contributed by atoms with E-state index >= 15 is 0 Å². The van der Waals surface area contributed by atoms with Gasteiger partial charge in [-0.1, -0.05) is 74.2 Å². The molecule has 2 aromatic rings. The van der Waals surface area contributed by atoms with Crippen LogP contribution in [-0.4, -0.2) is 6.21 Å². The van der Waals surface area contributed by atoms with E-state index in [9.17, 15) is 8.78 Å². The lowest BCUT2D eigenvalue weighted by Crippen LogP contribution is -2.28. The molecule has 0 aliphatic rings. The third-order valence-electron chi connectivity index (χ3n) is 4.69. The monoisotopic (exact) mass is 367 g/mol. The highest BCUT2D eigenvalue weighted by Crippen LogP contribution is 2.39. The Labute approximate surface area is 161 Å². The fourth-order valence-electron chi connectivity index (χ4n) is 3.23. The minimum absolute atomic E-state index is 0.0165. The summed E-state index contributed by atoms with van der Waals surface area (Å²) in [7, 11) is 0. The van der Waals surface area contributed by atoms with E-state index in [1.807, 2.05) is 31.2 Å². The lowest BCUT2D eigenvalue weighted by atomic mass is 9.73. The maximum atomic E-state index is 13.9. The summed E-state index contributed by atoms with van der Waals surface area (Å²) in [5.41, 5.74) is 2.28. The minimum Gasteiger partial charge on any atom is -0.261 e. The van der Waals surface area contributed by atoms with Gasteiger partial charge in [-0.25, -0.2) is 8.78 Å². The Bertz CT molecular complexity index is 816. The van der Waals surface area contributed by atoms with E-state index in [0.29, 0.717) is 6.42 Å². The van der Waals surface area contributed by atoms with Crippen molar-refractivity contribution in [2.75, 3.05) is 0 Å². The van der Waals surface area contributed by atoms with Gasteiger partial charge in [0.2, 0.25) is 0 Å². The Morgan fingerprint density at radius 2 is 1.70 bits per heavy atom. The molecular formula is C24H27F2N. The zero-order chi connectivity index (χ0) is 19.9. The van der Waals surface area contributed by atoms with Crippen molar-refractivity contribution >= 4 is 6.21 Å². The molecule has 0 fully saturated rings. The number of allylic oxidation sites excluding steroid dienone is 3. The highest BCUT2D eigenvalue weighted by atomic mass is 19.3. The van der Waals surface area contributed by atoms with Crippen LogP contribution in [0, 0.1) is 0 Å². The van der Waals surface area contributed by atoms with Crippen molar-refractivity contribution in [1.29, 1.82) is 0 Å². The molecular weight excluding hydrogens is 340 g/mol. The Morgan fingerprint density at radius 3 is 2.30 bits per heavy atom. The van der Waals surface area contributed by atoms with Crippen LogP contribution in [0.5, 0.6) is 0 Å². The molecule has 3 heteroatoms. The normalized spacial score (nSPS) is 14.9. The molecule has 2 aromatic carbocycles. The van der Waals surface area contributed by atoms with Crippen LogP contribution in [-0.2, 0) is 17.8 Å². The highest BCUT2D eigenvalue weighted by Gasteiger charge is 2.33. The lowest BCUT2D eigenvalue weighted by molar-refractivity contribution is 0.0173. The molecule has 0 aliphatic heterocycles. The molecule has 0 N–H and O–H groups in total. The number of hydrogen-bond acceptors (Lipinski definition) is 1. The first-order chi connectivity index (χ1) is 12.8. The number of rotatable bonds is 8. The van der Waals surface area contributed by atoms with E-state index in [1.54, 1.807) is 24.4 Å². The first-order valence-corrected chi connectivity index (χ1v) is 9.19. The fourth-order valence-corrected chi connectivity index (χ4v) is 3.23. The van der Waals surface area contributed by atoms with Gasteiger partial charge in [0.25, 0.3) is 5.92 Å². The maximum Gasteiger partial charge on any atom is 0.270 e. The van der Waals surface area contributed by atoms with Crippen molar-refractivity contribution in [2.45, 2.75) is 45.0 Å². The summed E-state index contributed by atoms with van der Waals surface area (Å²) in [4.78, 5) is 4.60. The fraction of sp³-hybridized carbons (Fsp3) is 0.292. The van der Waals surface area contributed by atoms with Crippen LogP contribution < -0.4 is 0 Å². The molecule has 0 spiro atoms. The maximum absolute atomic E-state index is 13.9. The van der Waals surface area contributed by atoms with Crippen molar-refractivity contribution in [3.05, 3.63) is 95.7 Å². The summed E-state index contributed by atoms with van der Waals surface area (Å²) in [5, 5.41) is 0. The van der Waals surface area contributed by atoms with Crippen molar-refractivity contribution in [3.63, 3.8) is 0 Å². The Kier molecular flexibility index (Phi) is 6.84. The van der Waals surface area contributed by atoms with Crippen molar-refractivity contribution in [3.8, 4) is 0 Å². The Morgan fingerprint density at radius 1 is 1.04 bits per heavy atom. The van der Waals surface area contributed by atoms with Gasteiger partial charge >= 0.3 is 0 Å². The molecule has 0 saturated heterocycles. The van der Waals surface area contributed by atoms with Crippen molar-refractivity contribution in [1.82, 2.24) is 0 Å². The van der Waals surface area contributed by atoms with Crippen LogP contribution in [0.4, 0.5) is 8.78 Å². The van der Waals surface area contributed by atoms with Crippen LogP contribution in [0.15, 0.2) is 84.0 Å². The second-order valence-electron chi connectivity index (χ2n) is 6.98. The number of nitrogens with zero attached hydrogens (tertiary/aromatic N) is 1. The topological polar surface area (TPSA) is 12.4 Å². The molecule has 1 unspecified atom stereocenters. The molecule has 142 valence electrons. The van der Waals surface area contributed by atoms with Gasteiger partial charge in [-0.15, -0.1) is 0 Å². The molecule has 2 rings (SSSR count). The Balaban J connectivity index is 2.63. The summed E-state index contributed by atoms with van der Waals surface area (Å²) >= 11 is 0. The lowest BCUT2D eigenvalue weighted by Gasteiger charge is -2.32. The van der Waals surface area contributed by atoms with Gasteiger partial charge in [-0.05, 0) is 37.0 Å². The van der Waals surface area contributed by atoms with Crippen LogP contribution >= 0.6 is 0 Å². The van der Waals surface area contributed by atoms with Gasteiger partial charge in [0.05, 0.1) is 0 Å². The first kappa shape index (κ1) is 20.8. The minimum atomic E-state index is -2.89.